The maximum atomic E-state index is 4.00. The first kappa shape index (κ1) is 7.39. The summed E-state index contributed by atoms with van der Waals surface area (Å²) in [5.41, 5.74) is 1.38. The van der Waals surface area contributed by atoms with Crippen molar-refractivity contribution in [3.63, 3.8) is 0 Å². The van der Waals surface area contributed by atoms with E-state index in [4.69, 9.17) is 0 Å². The Balaban J connectivity index is 2.08. The normalized spacial score (nSPS) is 15.1. The predicted molar refractivity (Wildman–Crippen MR) is 43.5 cm³/mol. The number of hydrogen-bond acceptors (Lipinski definition) is 0. The topological polar surface area (TPSA) is 14.1 Å². The molecule has 55 valence electrons. The van der Waals surface area contributed by atoms with Crippen LogP contribution < -0.4 is 5.32 Å². The lowest BCUT2D eigenvalue weighted by Gasteiger charge is -1.95. The number of allylic oxidation sites excluding steroid dienone is 2. The third-order valence-corrected chi connectivity index (χ3v) is 1.68. The fourth-order valence-corrected chi connectivity index (χ4v) is 1.05. The third-order valence-electron chi connectivity index (χ3n) is 1.68. The molecule has 1 aliphatic rings. The third kappa shape index (κ3) is 2.26. The quantitative estimate of drug-likeness (QED) is 0.527. The highest BCUT2D eigenvalue weighted by Crippen LogP contribution is 2.12. The van der Waals surface area contributed by atoms with E-state index in [1.165, 1.54) is 31.3 Å². The zero-order valence-electron chi connectivity index (χ0n) is 6.51. The summed E-state index contributed by atoms with van der Waals surface area (Å²) in [7, 11) is 0. The zero-order valence-corrected chi connectivity index (χ0v) is 6.51. The Hall–Kier alpha value is -0.720. The maximum Gasteiger partial charge on any atom is 0.0300 e. The van der Waals surface area contributed by atoms with E-state index >= 15 is 0 Å². The van der Waals surface area contributed by atoms with E-state index < -0.39 is 0 Å². The van der Waals surface area contributed by atoms with Gasteiger partial charge in [0.2, 0.25) is 0 Å². The first-order valence-electron chi connectivity index (χ1n) is 3.99. The van der Waals surface area contributed by atoms with Crippen LogP contribution >= 0.6 is 0 Å². The minimum Gasteiger partial charge on any atom is -0.264 e. The lowest BCUT2D eigenvalue weighted by molar-refractivity contribution is 0.719. The summed E-state index contributed by atoms with van der Waals surface area (Å²) in [6.45, 7) is 2.23. The summed E-state index contributed by atoms with van der Waals surface area (Å²) in [6.07, 6.45) is 11.1. The number of unbranched alkanes of at least 4 members (excludes halogenated alkanes) is 2. The van der Waals surface area contributed by atoms with E-state index in [1.807, 2.05) is 12.4 Å². The van der Waals surface area contributed by atoms with Crippen LogP contribution in [0.5, 0.6) is 0 Å². The molecule has 1 rings (SSSR count). The molecule has 0 atom stereocenters. The van der Waals surface area contributed by atoms with Crippen LogP contribution in [0.2, 0.25) is 0 Å². The molecule has 0 saturated carbocycles. The molecule has 0 saturated heterocycles. The Morgan fingerprint density at radius 2 is 2.30 bits per heavy atom. The first-order chi connectivity index (χ1) is 4.93. The first-order valence-corrected chi connectivity index (χ1v) is 3.99. The van der Waals surface area contributed by atoms with Crippen LogP contribution in [0.1, 0.15) is 32.6 Å². The van der Waals surface area contributed by atoms with Crippen molar-refractivity contribution < 1.29 is 0 Å². The van der Waals surface area contributed by atoms with Gasteiger partial charge in [-0.1, -0.05) is 19.8 Å². The Labute approximate surface area is 62.8 Å². The molecule has 0 aromatic carbocycles. The van der Waals surface area contributed by atoms with Crippen LogP contribution in [0.3, 0.4) is 0 Å². The summed E-state index contributed by atoms with van der Waals surface area (Å²) < 4.78 is 0. The van der Waals surface area contributed by atoms with Gasteiger partial charge in [0.1, 0.15) is 0 Å². The summed E-state index contributed by atoms with van der Waals surface area (Å²) in [5, 5.41) is 4.00. The second-order valence-corrected chi connectivity index (χ2v) is 2.63. The molecular weight excluding hydrogens is 122 g/mol. The van der Waals surface area contributed by atoms with Crippen LogP contribution in [0, 0.1) is 0 Å². The van der Waals surface area contributed by atoms with E-state index in [-0.39, 0.29) is 0 Å². The molecule has 10 heavy (non-hydrogen) atoms. The summed E-state index contributed by atoms with van der Waals surface area (Å²) in [4.78, 5) is 0. The van der Waals surface area contributed by atoms with Gasteiger partial charge in [-0.2, -0.15) is 0 Å². The van der Waals surface area contributed by atoms with Crippen molar-refractivity contribution in [1.29, 1.82) is 0 Å². The van der Waals surface area contributed by atoms with Crippen molar-refractivity contribution in [2.75, 3.05) is 0 Å². The summed E-state index contributed by atoms with van der Waals surface area (Å²) in [5.74, 6) is 0. The number of hydrogen-bond donors (Lipinski definition) is 0. The van der Waals surface area contributed by atoms with Gasteiger partial charge in [0, 0.05) is 12.4 Å². The standard InChI is InChI=1S/C9H14N/c1-2-3-4-5-9-6-7-10-8-9/h6-8H,2-5H2,1H3. The van der Waals surface area contributed by atoms with Gasteiger partial charge in [-0.25, -0.2) is 0 Å². The van der Waals surface area contributed by atoms with Gasteiger partial charge in [-0.15, -0.1) is 0 Å². The molecule has 1 heterocycles. The molecule has 0 aliphatic carbocycles. The fraction of sp³-hybridized carbons (Fsp3) is 0.556. The minimum atomic E-state index is 1.20. The van der Waals surface area contributed by atoms with Gasteiger partial charge >= 0.3 is 0 Å². The van der Waals surface area contributed by atoms with E-state index in [1.54, 1.807) is 0 Å². The van der Waals surface area contributed by atoms with Crippen molar-refractivity contribution in [3.05, 3.63) is 24.0 Å². The zero-order chi connectivity index (χ0) is 7.23. The van der Waals surface area contributed by atoms with E-state index in [2.05, 4.69) is 18.3 Å². The van der Waals surface area contributed by atoms with Gasteiger partial charge in [0.15, 0.2) is 0 Å². The molecule has 1 nitrogen and oxygen atoms in total. The fourth-order valence-electron chi connectivity index (χ4n) is 1.05. The van der Waals surface area contributed by atoms with E-state index in [0.29, 0.717) is 0 Å². The highest BCUT2D eigenvalue weighted by atomic mass is 14.8. The molecule has 0 unspecified atom stereocenters. The molecule has 0 aromatic rings. The Morgan fingerprint density at radius 1 is 1.40 bits per heavy atom. The van der Waals surface area contributed by atoms with Gasteiger partial charge < -0.3 is 0 Å². The minimum absolute atomic E-state index is 1.20. The second kappa shape index (κ2) is 4.15. The average molecular weight is 136 g/mol. The van der Waals surface area contributed by atoms with Gasteiger partial charge in [-0.3, -0.25) is 5.32 Å². The molecule has 1 aliphatic heterocycles. The monoisotopic (exact) mass is 136 g/mol. The lowest BCUT2D eigenvalue weighted by atomic mass is 10.1. The van der Waals surface area contributed by atoms with Crippen molar-refractivity contribution >= 4 is 0 Å². The van der Waals surface area contributed by atoms with Crippen molar-refractivity contribution in [2.24, 2.45) is 0 Å². The van der Waals surface area contributed by atoms with E-state index in [0.717, 1.165) is 0 Å². The van der Waals surface area contributed by atoms with Crippen LogP contribution in [0.4, 0.5) is 0 Å². The Morgan fingerprint density at radius 3 is 2.90 bits per heavy atom. The summed E-state index contributed by atoms with van der Waals surface area (Å²) >= 11 is 0. The molecule has 0 aromatic heterocycles. The van der Waals surface area contributed by atoms with E-state index in [9.17, 15) is 0 Å². The smallest absolute Gasteiger partial charge is 0.0300 e. The van der Waals surface area contributed by atoms with Crippen LogP contribution in [0.15, 0.2) is 24.0 Å². The molecule has 0 fully saturated rings. The van der Waals surface area contributed by atoms with Crippen LogP contribution in [0.25, 0.3) is 0 Å². The molecule has 0 N–H and O–H groups in total. The predicted octanol–water partition coefficient (Wildman–Crippen LogP) is 2.58. The highest BCUT2D eigenvalue weighted by Gasteiger charge is 1.96. The molecule has 0 amide bonds. The van der Waals surface area contributed by atoms with Crippen LogP contribution in [-0.4, -0.2) is 0 Å². The molecule has 1 radical (unpaired) electrons. The van der Waals surface area contributed by atoms with Crippen molar-refractivity contribution in [1.82, 2.24) is 5.32 Å². The molecule has 0 spiro atoms. The Bertz CT molecular complexity index is 145. The number of rotatable bonds is 4. The SMILES string of the molecule is CCCCCC1=C[N]C=C1. The summed E-state index contributed by atoms with van der Waals surface area (Å²) in [6, 6.07) is 0. The molecule has 0 bridgehead atoms. The second-order valence-electron chi connectivity index (χ2n) is 2.63. The Kier molecular flexibility index (Phi) is 3.07. The van der Waals surface area contributed by atoms with Crippen molar-refractivity contribution in [2.45, 2.75) is 32.6 Å². The number of nitrogens with zero attached hydrogens (tertiary/aromatic N) is 1. The van der Waals surface area contributed by atoms with Gasteiger partial charge in [0.05, 0.1) is 0 Å². The largest absolute Gasteiger partial charge is 0.264 e. The van der Waals surface area contributed by atoms with Gasteiger partial charge in [0.25, 0.3) is 0 Å². The van der Waals surface area contributed by atoms with Crippen LogP contribution in [-0.2, 0) is 0 Å². The molecule has 1 heteroatoms. The molecular formula is C9H14N. The average Bonchev–Trinajstić information content (AvgIpc) is 2.41. The highest BCUT2D eigenvalue weighted by molar-refractivity contribution is 5.23. The van der Waals surface area contributed by atoms with Crippen molar-refractivity contribution in [3.8, 4) is 0 Å². The lowest BCUT2D eigenvalue weighted by Crippen LogP contribution is -1.78. The van der Waals surface area contributed by atoms with Gasteiger partial charge in [-0.05, 0) is 24.5 Å². The maximum absolute atomic E-state index is 4.00.